The van der Waals surface area contributed by atoms with Crippen LogP contribution in [-0.4, -0.2) is 33.0 Å². The summed E-state index contributed by atoms with van der Waals surface area (Å²) >= 11 is 4.13. The van der Waals surface area contributed by atoms with E-state index in [2.05, 4.69) is 21.2 Å². The summed E-state index contributed by atoms with van der Waals surface area (Å²) in [5.41, 5.74) is 1.00. The predicted octanol–water partition coefficient (Wildman–Crippen LogP) is 6.25. The van der Waals surface area contributed by atoms with Gasteiger partial charge >= 0.3 is 6.09 Å². The number of nitrogens with one attached hydrogen (secondary N) is 1. The minimum atomic E-state index is -1.07. The molecular weight excluding hydrogens is 484 g/mol. The topological polar surface area (TPSA) is 74.3 Å². The molecule has 0 radical (unpaired) electrons. The van der Waals surface area contributed by atoms with Crippen molar-refractivity contribution in [1.82, 2.24) is 10.3 Å². The zero-order valence-electron chi connectivity index (χ0n) is 17.8. The van der Waals surface area contributed by atoms with Gasteiger partial charge in [-0.15, -0.1) is 11.3 Å². The molecule has 0 saturated heterocycles. The lowest BCUT2D eigenvalue weighted by Crippen LogP contribution is -2.38. The summed E-state index contributed by atoms with van der Waals surface area (Å²) < 4.78 is 18.9. The van der Waals surface area contributed by atoms with Crippen LogP contribution in [0.25, 0.3) is 10.4 Å². The zero-order valence-corrected chi connectivity index (χ0v) is 21.0. The van der Waals surface area contributed by atoms with Crippen molar-refractivity contribution >= 4 is 44.5 Å². The SMILES string of the molecule is CC(C)OC(=O)NC1CCC(c2ncc(-c3ccc(Br)cc3[S+]([O-])C(C)C)s2)CC1. The Bertz CT molecular complexity index is 864. The molecule has 1 saturated carbocycles. The molecule has 164 valence electrons. The maximum atomic E-state index is 12.8. The van der Waals surface area contributed by atoms with Crippen molar-refractivity contribution < 1.29 is 14.1 Å². The van der Waals surface area contributed by atoms with Crippen LogP contribution in [0, 0.1) is 0 Å². The fourth-order valence-corrected chi connectivity index (χ4v) is 6.47. The number of nitrogens with zero attached hydrogens (tertiary/aromatic N) is 1. The van der Waals surface area contributed by atoms with E-state index in [1.54, 1.807) is 11.3 Å². The molecule has 1 unspecified atom stereocenters. The Morgan fingerprint density at radius 2 is 1.97 bits per heavy atom. The molecule has 8 heteroatoms. The molecule has 2 aromatic rings. The van der Waals surface area contributed by atoms with Crippen LogP contribution >= 0.6 is 27.3 Å². The smallest absolute Gasteiger partial charge is 0.407 e. The summed E-state index contributed by atoms with van der Waals surface area (Å²) in [6, 6.07) is 6.14. The van der Waals surface area contributed by atoms with Crippen LogP contribution in [0.1, 0.15) is 64.3 Å². The Kier molecular flexibility index (Phi) is 8.24. The number of aromatic nitrogens is 1. The monoisotopic (exact) mass is 512 g/mol. The molecule has 3 rings (SSSR count). The Balaban J connectivity index is 1.68. The molecule has 5 nitrogen and oxygen atoms in total. The number of halogens is 1. The zero-order chi connectivity index (χ0) is 21.8. The second-order valence-corrected chi connectivity index (χ2v) is 12.2. The first kappa shape index (κ1) is 23.6. The largest absolute Gasteiger partial charge is 0.611 e. The van der Waals surface area contributed by atoms with E-state index in [9.17, 15) is 9.35 Å². The van der Waals surface area contributed by atoms with Gasteiger partial charge in [-0.1, -0.05) is 15.9 Å². The van der Waals surface area contributed by atoms with Gasteiger partial charge in [-0.3, -0.25) is 0 Å². The maximum absolute atomic E-state index is 12.8. The van der Waals surface area contributed by atoms with E-state index in [0.717, 1.165) is 50.5 Å². The van der Waals surface area contributed by atoms with Gasteiger partial charge in [-0.25, -0.2) is 9.78 Å². The lowest BCUT2D eigenvalue weighted by molar-refractivity contribution is 0.109. The Morgan fingerprint density at radius 3 is 2.60 bits per heavy atom. The maximum Gasteiger partial charge on any atom is 0.407 e. The number of rotatable bonds is 6. The molecule has 1 aliphatic rings. The number of thiazole rings is 1. The lowest BCUT2D eigenvalue weighted by Gasteiger charge is -2.28. The highest BCUT2D eigenvalue weighted by molar-refractivity contribution is 9.10. The fraction of sp³-hybridized carbons (Fsp3) is 0.545. The van der Waals surface area contributed by atoms with Crippen molar-refractivity contribution in [2.24, 2.45) is 0 Å². The number of hydrogen-bond donors (Lipinski definition) is 1. The first-order valence-corrected chi connectivity index (χ1v) is 13.2. The van der Waals surface area contributed by atoms with E-state index in [4.69, 9.17) is 9.72 Å². The molecule has 0 spiro atoms. The summed E-state index contributed by atoms with van der Waals surface area (Å²) in [7, 11) is 0. The normalized spacial score (nSPS) is 20.4. The van der Waals surface area contributed by atoms with Crippen molar-refractivity contribution in [3.63, 3.8) is 0 Å². The van der Waals surface area contributed by atoms with E-state index < -0.39 is 11.2 Å². The molecular formula is C22H29BrN2O3S2. The van der Waals surface area contributed by atoms with Gasteiger partial charge in [-0.2, -0.15) is 0 Å². The minimum absolute atomic E-state index is 0.0515. The highest BCUT2D eigenvalue weighted by Crippen LogP contribution is 2.40. The molecule has 0 aliphatic heterocycles. The molecule has 30 heavy (non-hydrogen) atoms. The summed E-state index contributed by atoms with van der Waals surface area (Å²) in [5, 5.41) is 4.15. The van der Waals surface area contributed by atoms with Crippen molar-refractivity contribution in [1.29, 1.82) is 0 Å². The van der Waals surface area contributed by atoms with E-state index in [1.165, 1.54) is 0 Å². The van der Waals surface area contributed by atoms with Crippen LogP contribution in [0.4, 0.5) is 4.79 Å². The summed E-state index contributed by atoms with van der Waals surface area (Å²) in [4.78, 5) is 18.4. The second-order valence-electron chi connectivity index (χ2n) is 8.20. The lowest BCUT2D eigenvalue weighted by atomic mass is 9.86. The molecule has 1 aromatic carbocycles. The van der Waals surface area contributed by atoms with Crippen LogP contribution in [0.2, 0.25) is 0 Å². The number of ether oxygens (including phenoxy) is 1. The average molecular weight is 514 g/mol. The molecule has 1 aromatic heterocycles. The van der Waals surface area contributed by atoms with Gasteiger partial charge in [0.2, 0.25) is 0 Å². The number of alkyl carbamates (subject to hydrolysis) is 1. The van der Waals surface area contributed by atoms with Gasteiger partial charge in [-0.05, 0) is 76.7 Å². The minimum Gasteiger partial charge on any atom is -0.611 e. The molecule has 1 atom stereocenters. The average Bonchev–Trinajstić information content (AvgIpc) is 3.17. The van der Waals surface area contributed by atoms with Crippen molar-refractivity contribution in [2.75, 3.05) is 0 Å². The number of amides is 1. The van der Waals surface area contributed by atoms with Crippen molar-refractivity contribution in [2.45, 2.75) is 81.6 Å². The fourth-order valence-electron chi connectivity index (χ4n) is 3.62. The van der Waals surface area contributed by atoms with Gasteiger partial charge in [0.1, 0.15) is 5.25 Å². The van der Waals surface area contributed by atoms with Crippen LogP contribution < -0.4 is 5.32 Å². The first-order valence-electron chi connectivity index (χ1n) is 10.4. The van der Waals surface area contributed by atoms with Crippen LogP contribution in [0.15, 0.2) is 33.8 Å². The third-order valence-electron chi connectivity index (χ3n) is 5.12. The molecule has 1 fully saturated rings. The van der Waals surface area contributed by atoms with Crippen LogP contribution in [0.3, 0.4) is 0 Å². The number of hydrogen-bond acceptors (Lipinski definition) is 5. The van der Waals surface area contributed by atoms with Crippen LogP contribution in [-0.2, 0) is 15.9 Å². The highest BCUT2D eigenvalue weighted by Gasteiger charge is 2.27. The van der Waals surface area contributed by atoms with Crippen LogP contribution in [0.5, 0.6) is 0 Å². The van der Waals surface area contributed by atoms with Gasteiger partial charge in [0.05, 0.1) is 16.0 Å². The molecule has 1 N–H and O–H groups in total. The second kappa shape index (κ2) is 10.5. The van der Waals surface area contributed by atoms with E-state index in [-0.39, 0.29) is 23.5 Å². The predicted molar refractivity (Wildman–Crippen MR) is 127 cm³/mol. The van der Waals surface area contributed by atoms with Crippen molar-refractivity contribution in [3.8, 4) is 10.4 Å². The van der Waals surface area contributed by atoms with Gasteiger partial charge < -0.3 is 14.6 Å². The number of carbonyl (C=O) groups excluding carboxylic acids is 1. The quantitative estimate of drug-likeness (QED) is 0.464. The highest BCUT2D eigenvalue weighted by atomic mass is 79.9. The Morgan fingerprint density at radius 1 is 1.27 bits per heavy atom. The Labute approximate surface area is 194 Å². The number of carbonyl (C=O) groups is 1. The molecule has 0 bridgehead atoms. The molecule has 1 amide bonds. The summed E-state index contributed by atoms with van der Waals surface area (Å²) in [5.74, 6) is 0.400. The molecule has 1 heterocycles. The first-order chi connectivity index (χ1) is 14.2. The van der Waals surface area contributed by atoms with Gasteiger partial charge in [0.15, 0.2) is 4.90 Å². The van der Waals surface area contributed by atoms with E-state index >= 15 is 0 Å². The van der Waals surface area contributed by atoms with E-state index in [1.807, 2.05) is 52.1 Å². The van der Waals surface area contributed by atoms with Gasteiger partial charge in [0, 0.05) is 34.3 Å². The third kappa shape index (κ3) is 5.99. The third-order valence-corrected chi connectivity index (χ3v) is 8.43. The number of benzene rings is 1. The summed E-state index contributed by atoms with van der Waals surface area (Å²) in [6.45, 7) is 7.65. The summed E-state index contributed by atoms with van der Waals surface area (Å²) in [6.07, 6.45) is 5.31. The standard InChI is InChI=1S/C22H29BrN2O3S2/c1-13(2)28-22(26)25-17-8-5-15(6-9-17)21-24-12-19(29-21)18-10-7-16(23)11-20(18)30(27)14(3)4/h7,10-15,17H,5-6,8-9H2,1-4H3,(H,25,26). The van der Waals surface area contributed by atoms with Crippen molar-refractivity contribution in [3.05, 3.63) is 33.9 Å². The molecule has 1 aliphatic carbocycles. The van der Waals surface area contributed by atoms with E-state index in [0.29, 0.717) is 5.92 Å². The van der Waals surface area contributed by atoms with Gasteiger partial charge in [0.25, 0.3) is 0 Å². The Hall–Kier alpha value is -1.09.